The van der Waals surface area contributed by atoms with E-state index >= 15 is 0 Å². The van der Waals surface area contributed by atoms with Crippen molar-refractivity contribution in [3.63, 3.8) is 0 Å². The van der Waals surface area contributed by atoms with Crippen LogP contribution in [0.5, 0.6) is 5.75 Å². The summed E-state index contributed by atoms with van der Waals surface area (Å²) in [7, 11) is 0. The van der Waals surface area contributed by atoms with Gasteiger partial charge in [0.1, 0.15) is 12.4 Å². The van der Waals surface area contributed by atoms with Crippen LogP contribution in [0, 0.1) is 0 Å². The molecule has 0 radical (unpaired) electrons. The molecule has 4 nitrogen and oxygen atoms in total. The summed E-state index contributed by atoms with van der Waals surface area (Å²) in [4.78, 5) is 11.6. The molecule has 0 aliphatic heterocycles. The molecule has 0 aliphatic carbocycles. The van der Waals surface area contributed by atoms with Gasteiger partial charge < -0.3 is 14.9 Å². The SMILES string of the molecule is CC(C)(C)c1cc(CCC(=O)OCCO)cc(C(C)(C)C)c1O. The predicted octanol–water partition coefficient (Wildman–Crippen LogP) is 3.46. The van der Waals surface area contributed by atoms with E-state index in [2.05, 4.69) is 41.5 Å². The first-order chi connectivity index (χ1) is 10.5. The van der Waals surface area contributed by atoms with Gasteiger partial charge in [-0.1, -0.05) is 53.7 Å². The van der Waals surface area contributed by atoms with Gasteiger partial charge in [0.05, 0.1) is 6.61 Å². The van der Waals surface area contributed by atoms with E-state index in [0.29, 0.717) is 12.2 Å². The zero-order valence-corrected chi connectivity index (χ0v) is 15.2. The highest BCUT2D eigenvalue weighted by Crippen LogP contribution is 2.39. The molecule has 0 saturated carbocycles. The van der Waals surface area contributed by atoms with E-state index in [1.165, 1.54) is 0 Å². The molecule has 0 atom stereocenters. The van der Waals surface area contributed by atoms with Crippen LogP contribution in [0.25, 0.3) is 0 Å². The predicted molar refractivity (Wildman–Crippen MR) is 91.9 cm³/mol. The lowest BCUT2D eigenvalue weighted by Gasteiger charge is -2.28. The van der Waals surface area contributed by atoms with E-state index in [0.717, 1.165) is 16.7 Å². The van der Waals surface area contributed by atoms with Gasteiger partial charge in [0, 0.05) is 6.42 Å². The zero-order chi connectivity index (χ0) is 17.8. The van der Waals surface area contributed by atoms with Crippen LogP contribution in [0.3, 0.4) is 0 Å². The normalized spacial score (nSPS) is 12.3. The fourth-order valence-electron chi connectivity index (χ4n) is 2.46. The number of esters is 1. The Balaban J connectivity index is 3.11. The highest BCUT2D eigenvalue weighted by atomic mass is 16.5. The van der Waals surface area contributed by atoms with Gasteiger partial charge in [-0.2, -0.15) is 0 Å². The van der Waals surface area contributed by atoms with Gasteiger partial charge in [0.15, 0.2) is 0 Å². The Morgan fingerprint density at radius 2 is 1.52 bits per heavy atom. The van der Waals surface area contributed by atoms with Crippen molar-refractivity contribution in [2.75, 3.05) is 13.2 Å². The average Bonchev–Trinajstić information content (AvgIpc) is 2.41. The smallest absolute Gasteiger partial charge is 0.306 e. The molecular formula is C19H30O4. The highest BCUT2D eigenvalue weighted by Gasteiger charge is 2.26. The lowest BCUT2D eigenvalue weighted by Crippen LogP contribution is -2.18. The van der Waals surface area contributed by atoms with Gasteiger partial charge in [-0.05, 0) is 33.9 Å². The number of hydrogen-bond acceptors (Lipinski definition) is 4. The van der Waals surface area contributed by atoms with Crippen molar-refractivity contribution < 1.29 is 19.7 Å². The second-order valence-corrected chi connectivity index (χ2v) is 7.98. The standard InChI is InChI=1S/C19H30O4/c1-18(2,3)14-11-13(7-8-16(21)23-10-9-20)12-15(17(14)22)19(4,5)6/h11-12,20,22H,7-10H2,1-6H3. The molecule has 130 valence electrons. The van der Waals surface area contributed by atoms with Crippen molar-refractivity contribution in [2.45, 2.75) is 65.2 Å². The van der Waals surface area contributed by atoms with Crippen molar-refractivity contribution in [1.29, 1.82) is 0 Å². The molecule has 23 heavy (non-hydrogen) atoms. The van der Waals surface area contributed by atoms with Crippen molar-refractivity contribution >= 4 is 5.97 Å². The van der Waals surface area contributed by atoms with Crippen molar-refractivity contribution in [3.05, 3.63) is 28.8 Å². The minimum Gasteiger partial charge on any atom is -0.507 e. The minimum atomic E-state index is -0.318. The maximum atomic E-state index is 11.6. The zero-order valence-electron chi connectivity index (χ0n) is 15.2. The van der Waals surface area contributed by atoms with Crippen molar-refractivity contribution in [3.8, 4) is 5.75 Å². The molecule has 2 N–H and O–H groups in total. The van der Waals surface area contributed by atoms with Crippen LogP contribution in [0.2, 0.25) is 0 Å². The number of phenolic OH excluding ortho intramolecular Hbond substituents is 1. The van der Waals surface area contributed by atoms with Crippen LogP contribution in [0.4, 0.5) is 0 Å². The number of aliphatic hydroxyl groups is 1. The van der Waals surface area contributed by atoms with E-state index in [-0.39, 0.29) is 36.4 Å². The third kappa shape index (κ3) is 5.54. The number of aromatic hydroxyl groups is 1. The number of carbonyl (C=O) groups is 1. The van der Waals surface area contributed by atoms with E-state index in [4.69, 9.17) is 9.84 Å². The topological polar surface area (TPSA) is 66.8 Å². The molecule has 4 heteroatoms. The summed E-state index contributed by atoms with van der Waals surface area (Å²) in [5, 5.41) is 19.3. The summed E-state index contributed by atoms with van der Waals surface area (Å²) < 4.78 is 4.89. The van der Waals surface area contributed by atoms with Crippen LogP contribution < -0.4 is 0 Å². The van der Waals surface area contributed by atoms with E-state index in [1.54, 1.807) is 0 Å². The third-order valence-corrected chi connectivity index (χ3v) is 3.76. The number of aliphatic hydroxyl groups excluding tert-OH is 1. The van der Waals surface area contributed by atoms with Gasteiger partial charge in [0.2, 0.25) is 0 Å². The number of benzene rings is 1. The average molecular weight is 322 g/mol. The maximum absolute atomic E-state index is 11.6. The van der Waals surface area contributed by atoms with E-state index in [9.17, 15) is 9.90 Å². The number of carbonyl (C=O) groups excluding carboxylic acids is 1. The van der Waals surface area contributed by atoms with Gasteiger partial charge in [0.25, 0.3) is 0 Å². The molecular weight excluding hydrogens is 292 g/mol. The van der Waals surface area contributed by atoms with Crippen molar-refractivity contribution in [1.82, 2.24) is 0 Å². The monoisotopic (exact) mass is 322 g/mol. The number of rotatable bonds is 5. The van der Waals surface area contributed by atoms with Crippen LogP contribution in [-0.2, 0) is 26.8 Å². The first kappa shape index (κ1) is 19.5. The Morgan fingerprint density at radius 3 is 1.91 bits per heavy atom. The third-order valence-electron chi connectivity index (χ3n) is 3.76. The Labute approximate surface area is 139 Å². The summed E-state index contributed by atoms with van der Waals surface area (Å²) >= 11 is 0. The highest BCUT2D eigenvalue weighted by molar-refractivity contribution is 5.69. The number of ether oxygens (including phenoxy) is 1. The summed E-state index contributed by atoms with van der Waals surface area (Å²) in [5.74, 6) is 0.0262. The second kappa shape index (κ2) is 7.35. The Morgan fingerprint density at radius 1 is 1.04 bits per heavy atom. The molecule has 0 amide bonds. The fourth-order valence-corrected chi connectivity index (χ4v) is 2.46. The Kier molecular flexibility index (Phi) is 6.23. The van der Waals surface area contributed by atoms with Crippen LogP contribution in [0.15, 0.2) is 12.1 Å². The molecule has 1 aromatic carbocycles. The largest absolute Gasteiger partial charge is 0.507 e. The quantitative estimate of drug-likeness (QED) is 0.815. The molecule has 0 aliphatic rings. The van der Waals surface area contributed by atoms with Gasteiger partial charge in [-0.3, -0.25) is 4.79 Å². The first-order valence-corrected chi connectivity index (χ1v) is 8.10. The Hall–Kier alpha value is -1.55. The van der Waals surface area contributed by atoms with Gasteiger partial charge in [-0.25, -0.2) is 0 Å². The Bertz CT molecular complexity index is 512. The van der Waals surface area contributed by atoms with E-state index < -0.39 is 0 Å². The van der Waals surface area contributed by atoms with Gasteiger partial charge >= 0.3 is 5.97 Å². The van der Waals surface area contributed by atoms with Crippen LogP contribution in [0.1, 0.15) is 64.7 Å². The molecule has 0 unspecified atom stereocenters. The van der Waals surface area contributed by atoms with Crippen LogP contribution >= 0.6 is 0 Å². The maximum Gasteiger partial charge on any atom is 0.306 e. The molecule has 0 fully saturated rings. The lowest BCUT2D eigenvalue weighted by atomic mass is 9.78. The summed E-state index contributed by atoms with van der Waals surface area (Å²) in [5.41, 5.74) is 2.43. The molecule has 0 spiro atoms. The molecule has 0 aromatic heterocycles. The molecule has 0 heterocycles. The van der Waals surface area contributed by atoms with Gasteiger partial charge in [-0.15, -0.1) is 0 Å². The summed E-state index contributed by atoms with van der Waals surface area (Å²) in [6.45, 7) is 12.3. The first-order valence-electron chi connectivity index (χ1n) is 8.10. The van der Waals surface area contributed by atoms with Crippen molar-refractivity contribution in [2.24, 2.45) is 0 Å². The lowest BCUT2D eigenvalue weighted by molar-refractivity contribution is -0.144. The molecule has 1 rings (SSSR count). The number of aryl methyl sites for hydroxylation is 1. The molecule has 1 aromatic rings. The van der Waals surface area contributed by atoms with E-state index in [1.807, 2.05) is 12.1 Å². The molecule has 0 bridgehead atoms. The summed E-state index contributed by atoms with van der Waals surface area (Å²) in [6.07, 6.45) is 0.814. The number of hydrogen-bond donors (Lipinski definition) is 2. The molecule has 0 saturated heterocycles. The summed E-state index contributed by atoms with van der Waals surface area (Å²) in [6, 6.07) is 3.95. The fraction of sp³-hybridized carbons (Fsp3) is 0.632. The van der Waals surface area contributed by atoms with Crippen LogP contribution in [-0.4, -0.2) is 29.4 Å². The second-order valence-electron chi connectivity index (χ2n) is 7.98. The number of phenols is 1. The minimum absolute atomic E-state index is 0.0366.